The summed E-state index contributed by atoms with van der Waals surface area (Å²) in [6.45, 7) is 5.38. The first-order valence-electron chi connectivity index (χ1n) is 11.1. The third kappa shape index (κ3) is 3.78. The zero-order valence-corrected chi connectivity index (χ0v) is 19.3. The minimum Gasteiger partial charge on any atom is -0.495 e. The Hall–Kier alpha value is -2.84. The van der Waals surface area contributed by atoms with E-state index in [0.29, 0.717) is 22.6 Å². The molecule has 0 aliphatic carbocycles. The maximum Gasteiger partial charge on any atom is 0.267 e. The Labute approximate surface area is 191 Å². The standard InChI is InChI=1S/C24H27N5O2S/c1-17-10-11-21(31-2)20(16-17)28-22(30)18-8-4-5-9-19(18)29-23(28)25-26-24(29)32-15-14-27-12-6-3-7-13-27/h4-5,8-11,16H,3,6-7,12-15H2,1-2H3. The number of para-hydroxylation sites is 1. The van der Waals surface area contributed by atoms with E-state index in [1.165, 1.54) is 32.4 Å². The first-order chi connectivity index (χ1) is 15.7. The molecular weight excluding hydrogens is 422 g/mol. The van der Waals surface area contributed by atoms with E-state index < -0.39 is 0 Å². The molecule has 5 rings (SSSR count). The van der Waals surface area contributed by atoms with Crippen LogP contribution >= 0.6 is 11.8 Å². The molecule has 2 aromatic carbocycles. The fourth-order valence-corrected chi connectivity index (χ4v) is 5.35. The van der Waals surface area contributed by atoms with Gasteiger partial charge in [-0.2, -0.15) is 0 Å². The highest BCUT2D eigenvalue weighted by atomic mass is 32.2. The van der Waals surface area contributed by atoms with E-state index in [1.807, 2.05) is 53.8 Å². The van der Waals surface area contributed by atoms with Crippen molar-refractivity contribution < 1.29 is 4.74 Å². The monoisotopic (exact) mass is 449 g/mol. The quantitative estimate of drug-likeness (QED) is 0.416. The fraction of sp³-hybridized carbons (Fsp3) is 0.375. The smallest absolute Gasteiger partial charge is 0.267 e. The predicted octanol–water partition coefficient (Wildman–Crippen LogP) is 3.93. The van der Waals surface area contributed by atoms with Crippen molar-refractivity contribution in [1.29, 1.82) is 0 Å². The van der Waals surface area contributed by atoms with Crippen LogP contribution < -0.4 is 10.3 Å². The molecule has 0 amide bonds. The Bertz CT molecular complexity index is 1320. The summed E-state index contributed by atoms with van der Waals surface area (Å²) in [6.07, 6.45) is 3.91. The Morgan fingerprint density at radius 1 is 1.06 bits per heavy atom. The Balaban J connectivity index is 1.63. The van der Waals surface area contributed by atoms with E-state index in [-0.39, 0.29) is 5.56 Å². The molecule has 1 aliphatic heterocycles. The fourth-order valence-electron chi connectivity index (χ4n) is 4.41. The number of aryl methyl sites for hydroxylation is 1. The number of ether oxygens (including phenoxy) is 1. The van der Waals surface area contributed by atoms with Crippen molar-refractivity contribution in [3.8, 4) is 11.4 Å². The van der Waals surface area contributed by atoms with Crippen molar-refractivity contribution in [2.24, 2.45) is 0 Å². The molecule has 1 aliphatic rings. The van der Waals surface area contributed by atoms with E-state index in [4.69, 9.17) is 4.74 Å². The summed E-state index contributed by atoms with van der Waals surface area (Å²) >= 11 is 1.69. The van der Waals surface area contributed by atoms with Crippen LogP contribution in [0.15, 0.2) is 52.4 Å². The molecule has 0 bridgehead atoms. The van der Waals surface area contributed by atoms with Gasteiger partial charge in [0, 0.05) is 12.3 Å². The van der Waals surface area contributed by atoms with Crippen LogP contribution in [0, 0.1) is 6.92 Å². The van der Waals surface area contributed by atoms with Crippen LogP contribution in [0.1, 0.15) is 24.8 Å². The molecule has 1 fully saturated rings. The maximum atomic E-state index is 13.6. The lowest BCUT2D eigenvalue weighted by molar-refractivity contribution is 0.242. The average Bonchev–Trinajstić information content (AvgIpc) is 3.24. The summed E-state index contributed by atoms with van der Waals surface area (Å²) in [4.78, 5) is 16.1. The third-order valence-electron chi connectivity index (χ3n) is 6.06. The van der Waals surface area contributed by atoms with Gasteiger partial charge in [-0.3, -0.25) is 9.20 Å². The second-order valence-electron chi connectivity index (χ2n) is 8.20. The van der Waals surface area contributed by atoms with Crippen LogP contribution in [0.3, 0.4) is 0 Å². The van der Waals surface area contributed by atoms with Crippen LogP contribution in [-0.2, 0) is 0 Å². The predicted molar refractivity (Wildman–Crippen MR) is 128 cm³/mol. The molecule has 3 heterocycles. The lowest BCUT2D eigenvalue weighted by Gasteiger charge is -2.25. The van der Waals surface area contributed by atoms with Gasteiger partial charge >= 0.3 is 0 Å². The van der Waals surface area contributed by atoms with Gasteiger partial charge < -0.3 is 9.64 Å². The van der Waals surface area contributed by atoms with Crippen LogP contribution in [-0.4, -0.2) is 56.6 Å². The van der Waals surface area contributed by atoms with Gasteiger partial charge in [0.25, 0.3) is 5.56 Å². The van der Waals surface area contributed by atoms with Gasteiger partial charge in [-0.1, -0.05) is 36.4 Å². The topological polar surface area (TPSA) is 64.7 Å². The molecule has 4 aromatic rings. The Morgan fingerprint density at radius 2 is 1.88 bits per heavy atom. The number of nitrogens with zero attached hydrogens (tertiary/aromatic N) is 5. The normalized spacial score (nSPS) is 14.9. The number of fused-ring (bicyclic) bond motifs is 3. The van der Waals surface area contributed by atoms with Crippen molar-refractivity contribution >= 4 is 28.4 Å². The molecule has 0 atom stereocenters. The van der Waals surface area contributed by atoms with Crippen molar-refractivity contribution in [2.75, 3.05) is 32.5 Å². The van der Waals surface area contributed by atoms with Crippen molar-refractivity contribution in [3.05, 3.63) is 58.4 Å². The highest BCUT2D eigenvalue weighted by Crippen LogP contribution is 2.28. The van der Waals surface area contributed by atoms with E-state index in [2.05, 4.69) is 15.1 Å². The Kier molecular flexibility index (Phi) is 5.89. The van der Waals surface area contributed by atoms with E-state index >= 15 is 0 Å². The highest BCUT2D eigenvalue weighted by Gasteiger charge is 2.20. The molecule has 2 aromatic heterocycles. The average molecular weight is 450 g/mol. The van der Waals surface area contributed by atoms with Crippen molar-refractivity contribution in [3.63, 3.8) is 0 Å². The Morgan fingerprint density at radius 3 is 2.69 bits per heavy atom. The zero-order chi connectivity index (χ0) is 22.1. The summed E-state index contributed by atoms with van der Waals surface area (Å²) < 4.78 is 9.20. The first kappa shape index (κ1) is 21.0. The molecule has 32 heavy (non-hydrogen) atoms. The van der Waals surface area contributed by atoms with Crippen LogP contribution in [0.4, 0.5) is 0 Å². The summed E-state index contributed by atoms with van der Waals surface area (Å²) in [5, 5.41) is 10.4. The van der Waals surface area contributed by atoms with Gasteiger partial charge in [0.2, 0.25) is 5.78 Å². The van der Waals surface area contributed by atoms with E-state index in [0.717, 1.165) is 28.5 Å². The van der Waals surface area contributed by atoms with Crippen LogP contribution in [0.5, 0.6) is 5.75 Å². The molecule has 7 nitrogen and oxygen atoms in total. The molecule has 0 spiro atoms. The molecule has 1 saturated heterocycles. The van der Waals surface area contributed by atoms with Crippen LogP contribution in [0.25, 0.3) is 22.4 Å². The zero-order valence-electron chi connectivity index (χ0n) is 18.5. The summed E-state index contributed by atoms with van der Waals surface area (Å²) in [6, 6.07) is 13.5. The van der Waals surface area contributed by atoms with Gasteiger partial charge in [0.1, 0.15) is 5.75 Å². The van der Waals surface area contributed by atoms with Crippen LogP contribution in [0.2, 0.25) is 0 Å². The minimum atomic E-state index is -0.130. The molecule has 0 saturated carbocycles. The third-order valence-corrected chi connectivity index (χ3v) is 6.97. The van der Waals surface area contributed by atoms with E-state index in [1.54, 1.807) is 23.4 Å². The van der Waals surface area contributed by atoms with Crippen molar-refractivity contribution in [1.82, 2.24) is 24.1 Å². The second kappa shape index (κ2) is 8.96. The number of methoxy groups -OCH3 is 1. The molecule has 0 unspecified atom stereocenters. The number of thioether (sulfide) groups is 1. The molecule has 8 heteroatoms. The number of piperidine rings is 1. The molecule has 0 radical (unpaired) electrons. The largest absolute Gasteiger partial charge is 0.495 e. The van der Waals surface area contributed by atoms with Gasteiger partial charge in [-0.05, 0) is 62.7 Å². The minimum absolute atomic E-state index is 0.130. The highest BCUT2D eigenvalue weighted by molar-refractivity contribution is 7.99. The summed E-state index contributed by atoms with van der Waals surface area (Å²) in [5.41, 5.74) is 2.40. The number of hydrogen-bond donors (Lipinski definition) is 0. The maximum absolute atomic E-state index is 13.6. The van der Waals surface area contributed by atoms with Gasteiger partial charge in [0.15, 0.2) is 5.16 Å². The number of hydrogen-bond acceptors (Lipinski definition) is 6. The van der Waals surface area contributed by atoms with Gasteiger partial charge in [-0.15, -0.1) is 10.2 Å². The summed E-state index contributed by atoms with van der Waals surface area (Å²) in [7, 11) is 1.61. The van der Waals surface area contributed by atoms with E-state index in [9.17, 15) is 4.79 Å². The lowest BCUT2D eigenvalue weighted by atomic mass is 10.1. The number of aromatic nitrogens is 4. The lowest BCUT2D eigenvalue weighted by Crippen LogP contribution is -2.31. The first-order valence-corrected chi connectivity index (χ1v) is 12.0. The van der Waals surface area contributed by atoms with Crippen molar-refractivity contribution in [2.45, 2.75) is 31.3 Å². The SMILES string of the molecule is COc1ccc(C)cc1-n1c(=O)c2ccccc2n2c(SCCN3CCCCC3)nnc12. The van der Waals surface area contributed by atoms with Gasteiger partial charge in [0.05, 0.1) is 23.7 Å². The van der Waals surface area contributed by atoms with Gasteiger partial charge in [-0.25, -0.2) is 4.57 Å². The number of rotatable bonds is 6. The summed E-state index contributed by atoms with van der Waals surface area (Å²) in [5.74, 6) is 2.05. The molecule has 166 valence electrons. The number of likely N-dealkylation sites (tertiary alicyclic amines) is 1. The number of benzene rings is 2. The molecule has 0 N–H and O–H groups in total. The second-order valence-corrected chi connectivity index (χ2v) is 9.26. The molecular formula is C24H27N5O2S.